The van der Waals surface area contributed by atoms with E-state index in [0.717, 1.165) is 42.8 Å². The average molecular weight is 362 g/mol. The molecule has 7 heteroatoms. The van der Waals surface area contributed by atoms with Crippen molar-refractivity contribution < 1.29 is 4.79 Å². The zero-order valence-corrected chi connectivity index (χ0v) is 15.1. The highest BCUT2D eigenvalue weighted by atomic mass is 16.1. The SMILES string of the molecule is NC(=O)CCN1CCN(c2nncc(-c3cccc4ccccc34)n2)CC1. The van der Waals surface area contributed by atoms with Gasteiger partial charge in [0, 0.05) is 44.7 Å². The normalized spacial score (nSPS) is 15.2. The number of hydrogen-bond donors (Lipinski definition) is 1. The fourth-order valence-corrected chi connectivity index (χ4v) is 3.45. The zero-order valence-electron chi connectivity index (χ0n) is 15.1. The van der Waals surface area contributed by atoms with E-state index >= 15 is 0 Å². The van der Waals surface area contributed by atoms with E-state index in [9.17, 15) is 4.79 Å². The molecule has 27 heavy (non-hydrogen) atoms. The van der Waals surface area contributed by atoms with Crippen LogP contribution in [0.2, 0.25) is 0 Å². The molecule has 7 nitrogen and oxygen atoms in total. The zero-order chi connectivity index (χ0) is 18.6. The molecule has 138 valence electrons. The largest absolute Gasteiger partial charge is 0.370 e. The number of anilines is 1. The topological polar surface area (TPSA) is 88.2 Å². The van der Waals surface area contributed by atoms with Crippen LogP contribution in [-0.2, 0) is 4.79 Å². The summed E-state index contributed by atoms with van der Waals surface area (Å²) in [5.74, 6) is 0.391. The standard InChI is InChI=1S/C20H22N6O/c21-19(27)8-9-25-10-12-26(13-11-25)20-23-18(14-22-24-20)17-7-3-5-15-4-1-2-6-16(15)17/h1-7,14H,8-13H2,(H2,21,27). The Labute approximate surface area is 157 Å². The van der Waals surface area contributed by atoms with E-state index < -0.39 is 0 Å². The Morgan fingerprint density at radius 2 is 1.81 bits per heavy atom. The number of nitrogens with zero attached hydrogens (tertiary/aromatic N) is 5. The molecule has 0 bridgehead atoms. The number of amides is 1. The third-order valence-electron chi connectivity index (χ3n) is 4.94. The molecule has 3 aromatic rings. The van der Waals surface area contributed by atoms with Crippen LogP contribution in [0.5, 0.6) is 0 Å². The maximum atomic E-state index is 11.0. The summed E-state index contributed by atoms with van der Waals surface area (Å²) in [4.78, 5) is 20.1. The summed E-state index contributed by atoms with van der Waals surface area (Å²) in [6.45, 7) is 4.03. The van der Waals surface area contributed by atoms with Crippen molar-refractivity contribution in [3.05, 3.63) is 48.7 Å². The number of aromatic nitrogens is 3. The second-order valence-corrected chi connectivity index (χ2v) is 6.71. The minimum Gasteiger partial charge on any atom is -0.370 e. The van der Waals surface area contributed by atoms with Crippen molar-refractivity contribution in [3.8, 4) is 11.3 Å². The van der Waals surface area contributed by atoms with Gasteiger partial charge < -0.3 is 10.6 Å². The van der Waals surface area contributed by atoms with E-state index in [1.807, 2.05) is 18.2 Å². The van der Waals surface area contributed by atoms with Crippen molar-refractivity contribution in [1.29, 1.82) is 0 Å². The Kier molecular flexibility index (Phi) is 4.93. The number of carbonyl (C=O) groups excluding carboxylic acids is 1. The van der Waals surface area contributed by atoms with E-state index in [-0.39, 0.29) is 5.91 Å². The number of carbonyl (C=O) groups is 1. The van der Waals surface area contributed by atoms with Crippen molar-refractivity contribution in [1.82, 2.24) is 20.1 Å². The molecule has 1 fully saturated rings. The summed E-state index contributed by atoms with van der Waals surface area (Å²) in [7, 11) is 0. The first-order valence-electron chi connectivity index (χ1n) is 9.14. The third kappa shape index (κ3) is 3.88. The molecule has 1 aromatic heterocycles. The maximum Gasteiger partial charge on any atom is 0.245 e. The highest BCUT2D eigenvalue weighted by Gasteiger charge is 2.20. The van der Waals surface area contributed by atoms with Gasteiger partial charge in [-0.1, -0.05) is 42.5 Å². The monoisotopic (exact) mass is 362 g/mol. The Hall–Kier alpha value is -3.06. The molecule has 0 aliphatic carbocycles. The van der Waals surface area contributed by atoms with Gasteiger partial charge in [-0.25, -0.2) is 4.98 Å². The highest BCUT2D eigenvalue weighted by molar-refractivity contribution is 5.95. The minimum atomic E-state index is -0.257. The summed E-state index contributed by atoms with van der Waals surface area (Å²) < 4.78 is 0. The van der Waals surface area contributed by atoms with Gasteiger partial charge >= 0.3 is 0 Å². The molecule has 4 rings (SSSR count). The number of fused-ring (bicyclic) bond motifs is 1. The molecule has 0 spiro atoms. The Bertz CT molecular complexity index is 947. The van der Waals surface area contributed by atoms with Gasteiger partial charge in [-0.2, -0.15) is 5.10 Å². The first kappa shape index (κ1) is 17.4. The Morgan fingerprint density at radius 1 is 1.04 bits per heavy atom. The molecule has 2 aromatic carbocycles. The molecule has 1 aliphatic rings. The van der Waals surface area contributed by atoms with Gasteiger partial charge in [-0.15, -0.1) is 5.10 Å². The van der Waals surface area contributed by atoms with Crippen molar-refractivity contribution in [2.75, 3.05) is 37.6 Å². The van der Waals surface area contributed by atoms with Crippen LogP contribution in [0.25, 0.3) is 22.0 Å². The number of benzene rings is 2. The number of nitrogens with two attached hydrogens (primary N) is 1. The lowest BCUT2D eigenvalue weighted by Gasteiger charge is -2.34. The summed E-state index contributed by atoms with van der Waals surface area (Å²) in [5.41, 5.74) is 7.12. The molecule has 0 radical (unpaired) electrons. The summed E-state index contributed by atoms with van der Waals surface area (Å²) in [6.07, 6.45) is 2.11. The summed E-state index contributed by atoms with van der Waals surface area (Å²) in [5, 5.41) is 10.8. The first-order chi connectivity index (χ1) is 13.2. The van der Waals surface area contributed by atoms with Gasteiger partial charge in [0.05, 0.1) is 11.9 Å². The van der Waals surface area contributed by atoms with Gasteiger partial charge in [-0.3, -0.25) is 9.69 Å². The predicted molar refractivity (Wildman–Crippen MR) is 105 cm³/mol. The Morgan fingerprint density at radius 3 is 2.63 bits per heavy atom. The lowest BCUT2D eigenvalue weighted by Crippen LogP contribution is -2.47. The first-order valence-corrected chi connectivity index (χ1v) is 9.14. The molecule has 2 heterocycles. The van der Waals surface area contributed by atoms with Crippen LogP contribution < -0.4 is 10.6 Å². The number of piperazine rings is 1. The highest BCUT2D eigenvalue weighted by Crippen LogP contribution is 2.27. The van der Waals surface area contributed by atoms with E-state index in [1.165, 1.54) is 5.39 Å². The van der Waals surface area contributed by atoms with Gasteiger partial charge in [0.15, 0.2) is 0 Å². The van der Waals surface area contributed by atoms with Crippen molar-refractivity contribution in [3.63, 3.8) is 0 Å². The van der Waals surface area contributed by atoms with Crippen LogP contribution >= 0.6 is 0 Å². The molecule has 1 saturated heterocycles. The second kappa shape index (κ2) is 7.67. The fourth-order valence-electron chi connectivity index (χ4n) is 3.45. The summed E-state index contributed by atoms with van der Waals surface area (Å²) >= 11 is 0. The molecule has 1 aliphatic heterocycles. The van der Waals surface area contributed by atoms with Gasteiger partial charge in [-0.05, 0) is 10.8 Å². The number of rotatable bonds is 5. The van der Waals surface area contributed by atoms with Crippen LogP contribution in [0.4, 0.5) is 5.95 Å². The fraction of sp³-hybridized carbons (Fsp3) is 0.300. The molecule has 0 saturated carbocycles. The van der Waals surface area contributed by atoms with E-state index in [1.54, 1.807) is 6.20 Å². The Balaban J connectivity index is 1.53. The van der Waals surface area contributed by atoms with E-state index in [0.29, 0.717) is 18.9 Å². The van der Waals surface area contributed by atoms with Crippen LogP contribution in [0, 0.1) is 0 Å². The molecule has 0 unspecified atom stereocenters. The van der Waals surface area contributed by atoms with Crippen LogP contribution in [0.15, 0.2) is 48.7 Å². The molecular formula is C20H22N6O. The van der Waals surface area contributed by atoms with Crippen LogP contribution in [0.3, 0.4) is 0 Å². The lowest BCUT2D eigenvalue weighted by molar-refractivity contribution is -0.118. The third-order valence-corrected chi connectivity index (χ3v) is 4.94. The molecule has 2 N–H and O–H groups in total. The van der Waals surface area contributed by atoms with Crippen LogP contribution in [-0.4, -0.2) is 58.7 Å². The van der Waals surface area contributed by atoms with E-state index in [4.69, 9.17) is 10.7 Å². The van der Waals surface area contributed by atoms with Gasteiger partial charge in [0.1, 0.15) is 0 Å². The minimum absolute atomic E-state index is 0.257. The lowest BCUT2D eigenvalue weighted by atomic mass is 10.0. The quantitative estimate of drug-likeness (QED) is 0.743. The van der Waals surface area contributed by atoms with Crippen molar-refractivity contribution >= 4 is 22.6 Å². The van der Waals surface area contributed by atoms with Crippen molar-refractivity contribution in [2.45, 2.75) is 6.42 Å². The maximum absolute atomic E-state index is 11.0. The molecule has 0 atom stereocenters. The predicted octanol–water partition coefficient (Wildman–Crippen LogP) is 1.69. The number of hydrogen-bond acceptors (Lipinski definition) is 6. The van der Waals surface area contributed by atoms with Gasteiger partial charge in [0.2, 0.25) is 11.9 Å². The van der Waals surface area contributed by atoms with Crippen LogP contribution in [0.1, 0.15) is 6.42 Å². The second-order valence-electron chi connectivity index (χ2n) is 6.71. The van der Waals surface area contributed by atoms with Gasteiger partial charge in [0.25, 0.3) is 0 Å². The average Bonchev–Trinajstić information content (AvgIpc) is 2.72. The van der Waals surface area contributed by atoms with E-state index in [2.05, 4.69) is 44.3 Å². The molecular weight excluding hydrogens is 340 g/mol. The number of primary amides is 1. The summed E-state index contributed by atoms with van der Waals surface area (Å²) in [6, 6.07) is 14.5. The molecule has 1 amide bonds. The van der Waals surface area contributed by atoms with Crippen molar-refractivity contribution in [2.24, 2.45) is 5.73 Å². The smallest absolute Gasteiger partial charge is 0.245 e.